The molecule has 0 aliphatic carbocycles. The van der Waals surface area contributed by atoms with E-state index in [2.05, 4.69) is 5.32 Å². The van der Waals surface area contributed by atoms with Crippen molar-refractivity contribution in [2.24, 2.45) is 0 Å². The highest BCUT2D eigenvalue weighted by Crippen LogP contribution is 2.35. The summed E-state index contributed by atoms with van der Waals surface area (Å²) in [7, 11) is 3.14. The van der Waals surface area contributed by atoms with Gasteiger partial charge < -0.3 is 19.9 Å². The number of nitrogens with one attached hydrogen (secondary N) is 1. The van der Waals surface area contributed by atoms with Crippen molar-refractivity contribution >= 4 is 5.97 Å². The molecule has 0 aromatic heterocycles. The Balaban J connectivity index is 3.25. The third-order valence-corrected chi connectivity index (χ3v) is 3.07. The largest absolute Gasteiger partial charge is 0.497 e. The normalized spacial score (nSPS) is 13.7. The van der Waals surface area contributed by atoms with Gasteiger partial charge in [0, 0.05) is 11.6 Å². The van der Waals surface area contributed by atoms with E-state index in [9.17, 15) is 4.79 Å². The van der Waals surface area contributed by atoms with Crippen LogP contribution in [-0.4, -0.2) is 31.8 Å². The highest BCUT2D eigenvalue weighted by Gasteiger charge is 2.31. The van der Waals surface area contributed by atoms with E-state index < -0.39 is 11.5 Å². The lowest BCUT2D eigenvalue weighted by Gasteiger charge is -2.31. The van der Waals surface area contributed by atoms with E-state index in [0.717, 1.165) is 5.56 Å². The number of benzene rings is 1. The molecule has 0 fully saturated rings. The molecular formula is C14H21NO4. The van der Waals surface area contributed by atoms with Crippen molar-refractivity contribution in [2.45, 2.75) is 25.8 Å². The van der Waals surface area contributed by atoms with Crippen LogP contribution in [0.15, 0.2) is 18.2 Å². The van der Waals surface area contributed by atoms with Gasteiger partial charge in [-0.25, -0.2) is 0 Å². The van der Waals surface area contributed by atoms with E-state index in [0.29, 0.717) is 18.0 Å². The highest BCUT2D eigenvalue weighted by molar-refractivity contribution is 5.69. The lowest BCUT2D eigenvalue weighted by molar-refractivity contribution is -0.138. The van der Waals surface area contributed by atoms with Crippen molar-refractivity contribution < 1.29 is 19.4 Å². The van der Waals surface area contributed by atoms with Gasteiger partial charge in [0.2, 0.25) is 0 Å². The second-order valence-electron chi connectivity index (χ2n) is 4.50. The maximum absolute atomic E-state index is 11.1. The van der Waals surface area contributed by atoms with E-state index >= 15 is 0 Å². The number of carboxylic acids is 1. The summed E-state index contributed by atoms with van der Waals surface area (Å²) in [6.45, 7) is 4.46. The number of carboxylic acid groups (broad SMARTS) is 1. The van der Waals surface area contributed by atoms with E-state index in [1.165, 1.54) is 0 Å². The summed E-state index contributed by atoms with van der Waals surface area (Å²) < 4.78 is 10.5. The minimum absolute atomic E-state index is 0.0243. The Hall–Kier alpha value is -1.75. The number of ether oxygens (including phenoxy) is 2. The van der Waals surface area contributed by atoms with E-state index in [-0.39, 0.29) is 6.42 Å². The molecule has 0 bridgehead atoms. The minimum Gasteiger partial charge on any atom is -0.497 e. The molecule has 0 heterocycles. The molecule has 0 radical (unpaired) electrons. The predicted molar refractivity (Wildman–Crippen MR) is 72.8 cm³/mol. The van der Waals surface area contributed by atoms with Gasteiger partial charge in [0.1, 0.15) is 11.5 Å². The first-order valence-electron chi connectivity index (χ1n) is 6.16. The van der Waals surface area contributed by atoms with Gasteiger partial charge in [0.15, 0.2) is 0 Å². The molecule has 1 aromatic carbocycles. The third kappa shape index (κ3) is 3.61. The van der Waals surface area contributed by atoms with Crippen molar-refractivity contribution in [3.63, 3.8) is 0 Å². The second kappa shape index (κ2) is 6.43. The van der Waals surface area contributed by atoms with Crippen molar-refractivity contribution in [3.05, 3.63) is 23.8 Å². The molecule has 0 saturated carbocycles. The van der Waals surface area contributed by atoms with Crippen molar-refractivity contribution in [1.82, 2.24) is 5.32 Å². The summed E-state index contributed by atoms with van der Waals surface area (Å²) in [5.41, 5.74) is 0.123. The Morgan fingerprint density at radius 1 is 1.37 bits per heavy atom. The van der Waals surface area contributed by atoms with Crippen LogP contribution in [0.4, 0.5) is 0 Å². The van der Waals surface area contributed by atoms with Gasteiger partial charge in [-0.1, -0.05) is 6.92 Å². The van der Waals surface area contributed by atoms with E-state index in [1.807, 2.05) is 19.9 Å². The lowest BCUT2D eigenvalue weighted by Crippen LogP contribution is -2.41. The zero-order chi connectivity index (χ0) is 14.5. The summed E-state index contributed by atoms with van der Waals surface area (Å²) in [5.74, 6) is 0.431. The van der Waals surface area contributed by atoms with Gasteiger partial charge in [0.25, 0.3) is 0 Å². The summed E-state index contributed by atoms with van der Waals surface area (Å²) in [6, 6.07) is 5.39. The Labute approximate surface area is 113 Å². The van der Waals surface area contributed by atoms with Gasteiger partial charge in [-0.3, -0.25) is 4.79 Å². The van der Waals surface area contributed by atoms with Crippen molar-refractivity contribution in [1.29, 1.82) is 0 Å². The Morgan fingerprint density at radius 3 is 2.53 bits per heavy atom. The minimum atomic E-state index is -0.860. The molecule has 5 heteroatoms. The number of methoxy groups -OCH3 is 2. The second-order valence-corrected chi connectivity index (χ2v) is 4.50. The standard InChI is InChI=1S/C14H21NO4/c1-5-15-14(2,9-13(16)17)11-7-6-10(18-3)8-12(11)19-4/h6-8,15H,5,9H2,1-4H3,(H,16,17). The average Bonchev–Trinajstić information content (AvgIpc) is 2.37. The summed E-state index contributed by atoms with van der Waals surface area (Å²) >= 11 is 0. The summed E-state index contributed by atoms with van der Waals surface area (Å²) in [6.07, 6.45) is -0.0243. The van der Waals surface area contributed by atoms with Crippen LogP contribution in [0.1, 0.15) is 25.8 Å². The molecule has 1 atom stereocenters. The maximum Gasteiger partial charge on any atom is 0.305 e. The van der Waals surface area contributed by atoms with Crippen LogP contribution < -0.4 is 14.8 Å². The molecule has 0 spiro atoms. The molecule has 1 unspecified atom stereocenters. The Bertz CT molecular complexity index is 447. The van der Waals surface area contributed by atoms with Crippen LogP contribution in [0.2, 0.25) is 0 Å². The molecule has 1 aromatic rings. The zero-order valence-corrected chi connectivity index (χ0v) is 11.8. The molecule has 19 heavy (non-hydrogen) atoms. The number of rotatable bonds is 7. The predicted octanol–water partition coefficient (Wildman–Crippen LogP) is 2.00. The van der Waals surface area contributed by atoms with Crippen molar-refractivity contribution in [2.75, 3.05) is 20.8 Å². The SMILES string of the molecule is CCNC(C)(CC(=O)O)c1ccc(OC)cc1OC. The molecule has 0 amide bonds. The molecule has 0 aliphatic rings. The van der Waals surface area contributed by atoms with E-state index in [1.54, 1.807) is 26.4 Å². The molecule has 0 saturated heterocycles. The van der Waals surface area contributed by atoms with Gasteiger partial charge in [0.05, 0.1) is 26.2 Å². The Kier molecular flexibility index (Phi) is 5.18. The van der Waals surface area contributed by atoms with Crippen LogP contribution >= 0.6 is 0 Å². The molecule has 0 aliphatic heterocycles. The van der Waals surface area contributed by atoms with Crippen LogP contribution in [0.3, 0.4) is 0 Å². The van der Waals surface area contributed by atoms with Crippen LogP contribution in [-0.2, 0) is 10.3 Å². The molecule has 106 valence electrons. The van der Waals surface area contributed by atoms with Gasteiger partial charge in [-0.2, -0.15) is 0 Å². The fourth-order valence-corrected chi connectivity index (χ4v) is 2.20. The fraction of sp³-hybridized carbons (Fsp3) is 0.500. The number of hydrogen-bond acceptors (Lipinski definition) is 4. The molecular weight excluding hydrogens is 246 g/mol. The van der Waals surface area contributed by atoms with Gasteiger partial charge in [-0.05, 0) is 25.6 Å². The average molecular weight is 267 g/mol. The van der Waals surface area contributed by atoms with Crippen molar-refractivity contribution in [3.8, 4) is 11.5 Å². The quantitative estimate of drug-likeness (QED) is 0.791. The van der Waals surface area contributed by atoms with Crippen LogP contribution in [0.25, 0.3) is 0 Å². The first-order valence-corrected chi connectivity index (χ1v) is 6.16. The van der Waals surface area contributed by atoms with Crippen LogP contribution in [0.5, 0.6) is 11.5 Å². The zero-order valence-electron chi connectivity index (χ0n) is 11.8. The van der Waals surface area contributed by atoms with Crippen LogP contribution in [0, 0.1) is 0 Å². The van der Waals surface area contributed by atoms with E-state index in [4.69, 9.17) is 14.6 Å². The smallest absolute Gasteiger partial charge is 0.305 e. The van der Waals surface area contributed by atoms with Gasteiger partial charge in [-0.15, -0.1) is 0 Å². The first-order chi connectivity index (χ1) is 8.96. The topological polar surface area (TPSA) is 67.8 Å². The number of aliphatic carboxylic acids is 1. The Morgan fingerprint density at radius 2 is 2.05 bits per heavy atom. The summed E-state index contributed by atoms with van der Waals surface area (Å²) in [4.78, 5) is 11.1. The summed E-state index contributed by atoms with van der Waals surface area (Å²) in [5, 5.41) is 12.3. The number of hydrogen-bond donors (Lipinski definition) is 2. The maximum atomic E-state index is 11.1. The van der Waals surface area contributed by atoms with Gasteiger partial charge >= 0.3 is 5.97 Å². The lowest BCUT2D eigenvalue weighted by atomic mass is 9.87. The highest BCUT2D eigenvalue weighted by atomic mass is 16.5. The molecule has 2 N–H and O–H groups in total. The fourth-order valence-electron chi connectivity index (χ4n) is 2.20. The molecule has 1 rings (SSSR count). The first kappa shape index (κ1) is 15.3. The monoisotopic (exact) mass is 267 g/mol. The third-order valence-electron chi connectivity index (χ3n) is 3.07. The number of carbonyl (C=O) groups is 1. The molecule has 5 nitrogen and oxygen atoms in total.